The second-order valence-corrected chi connectivity index (χ2v) is 17.5. The first-order valence-electron chi connectivity index (χ1n) is 17.0. The van der Waals surface area contributed by atoms with Crippen molar-refractivity contribution in [3.8, 4) is 46.0 Å². The topological polar surface area (TPSA) is 324 Å². The zero-order chi connectivity index (χ0) is 42.2. The lowest BCUT2D eigenvalue weighted by atomic mass is 10.00. The highest BCUT2D eigenvalue weighted by molar-refractivity contribution is 7.90. The van der Waals surface area contributed by atoms with E-state index in [4.69, 9.17) is 17.2 Å². The number of hydrogen-bond donors (Lipinski definition) is 3. The van der Waals surface area contributed by atoms with Crippen molar-refractivity contribution in [3.05, 3.63) is 107 Å². The van der Waals surface area contributed by atoms with Crippen LogP contribution in [-0.2, 0) is 19.7 Å². The maximum absolute atomic E-state index is 11.3. The zero-order valence-corrected chi connectivity index (χ0v) is 32.6. The molecule has 6 N–H and O–H groups in total. The molecular formula is C36H36N14O6S2. The van der Waals surface area contributed by atoms with E-state index in [1.165, 1.54) is 29.3 Å². The van der Waals surface area contributed by atoms with E-state index in [1.807, 2.05) is 0 Å². The fraction of sp³-hybridized carbons (Fsp3) is 0.222. The number of rotatable bonds is 13. The Balaban J connectivity index is 0.000000221. The Kier molecular flexibility index (Phi) is 12.7. The van der Waals surface area contributed by atoms with Crippen LogP contribution in [0.5, 0.6) is 0 Å². The first kappa shape index (κ1) is 41.9. The summed E-state index contributed by atoms with van der Waals surface area (Å²) in [6, 6.07) is 14.2. The highest BCUT2D eigenvalue weighted by atomic mass is 32.2. The summed E-state index contributed by atoms with van der Waals surface area (Å²) in [4.78, 5) is 27.0. The number of nitrogen functional groups attached to an aromatic ring is 3. The number of nitrogens with two attached hydrogens (primary N) is 3. The van der Waals surface area contributed by atoms with Gasteiger partial charge in [-0.05, 0) is 48.2 Å². The number of aromatic nitrogens is 8. The Labute approximate surface area is 332 Å². The molecule has 0 aromatic carbocycles. The summed E-state index contributed by atoms with van der Waals surface area (Å²) >= 11 is 0. The first-order chi connectivity index (χ1) is 27.5. The molecule has 0 saturated heterocycles. The third-order valence-corrected chi connectivity index (χ3v) is 10.6. The Morgan fingerprint density at radius 3 is 1.55 bits per heavy atom. The minimum absolute atomic E-state index is 0.0496. The van der Waals surface area contributed by atoms with Crippen molar-refractivity contribution in [2.45, 2.75) is 24.7 Å². The van der Waals surface area contributed by atoms with Gasteiger partial charge in [0.05, 0.1) is 64.0 Å². The standard InChI is InChI=1S/C18H17N7O4S.C18H19N7O2S/c1-30(28,29)7-5-12(8-19)13-2-3-16(22-9-13)24-11-14(10-23-24)15-4-6-21-18(20)17(15)25(26)27;1-28(26,27)7-5-12(8-19)13-2-3-16(23-9-13)25-11-14(10-24-25)15-4-6-22-18(21)17(15)20/h2-4,6,9-12H,5,7H2,1H3,(H2,20,21);2-4,6,9-12H,5,7,20H2,1H3,(H2,21,22). The Hall–Kier alpha value is -7.30. The van der Waals surface area contributed by atoms with Gasteiger partial charge < -0.3 is 17.2 Å². The summed E-state index contributed by atoms with van der Waals surface area (Å²) in [5, 5.41) is 38.4. The highest BCUT2D eigenvalue weighted by Gasteiger charge is 2.22. The minimum Gasteiger partial charge on any atom is -0.395 e. The molecule has 298 valence electrons. The second kappa shape index (κ2) is 17.7. The monoisotopic (exact) mass is 824 g/mol. The SMILES string of the molecule is CS(=O)(=O)CCC(C#N)c1ccc(-n2cc(-c3ccnc(N)c3N)cn2)nc1.CS(=O)(=O)CCC(C#N)c1ccc(-n2cc(-c3ccnc(N)c3[N+](=O)[O-])cn2)nc1. The van der Waals surface area contributed by atoms with Gasteiger partial charge in [0.1, 0.15) is 25.5 Å². The minimum atomic E-state index is -3.17. The smallest absolute Gasteiger partial charge is 0.319 e. The molecule has 0 amide bonds. The van der Waals surface area contributed by atoms with E-state index in [0.29, 0.717) is 34.0 Å². The van der Waals surface area contributed by atoms with Crippen LogP contribution in [0.3, 0.4) is 0 Å². The molecule has 20 nitrogen and oxygen atoms in total. The average molecular weight is 825 g/mol. The molecule has 22 heteroatoms. The van der Waals surface area contributed by atoms with Gasteiger partial charge in [-0.2, -0.15) is 20.7 Å². The fourth-order valence-electron chi connectivity index (χ4n) is 5.56. The summed E-state index contributed by atoms with van der Waals surface area (Å²) in [5.41, 5.74) is 20.9. The molecule has 0 radical (unpaired) electrons. The molecule has 6 aromatic rings. The van der Waals surface area contributed by atoms with E-state index in [2.05, 4.69) is 42.3 Å². The molecule has 0 aliphatic carbocycles. The molecule has 58 heavy (non-hydrogen) atoms. The zero-order valence-electron chi connectivity index (χ0n) is 31.0. The van der Waals surface area contributed by atoms with Crippen LogP contribution in [0.2, 0.25) is 0 Å². The van der Waals surface area contributed by atoms with Crippen molar-refractivity contribution in [1.82, 2.24) is 39.5 Å². The highest BCUT2D eigenvalue weighted by Crippen LogP contribution is 2.33. The van der Waals surface area contributed by atoms with Crippen molar-refractivity contribution < 1.29 is 21.8 Å². The van der Waals surface area contributed by atoms with Crippen LogP contribution in [0.25, 0.3) is 33.9 Å². The van der Waals surface area contributed by atoms with Gasteiger partial charge in [-0.1, -0.05) is 12.1 Å². The molecule has 0 spiro atoms. The number of pyridine rings is 4. The van der Waals surface area contributed by atoms with Crippen LogP contribution in [0.15, 0.2) is 86.0 Å². The molecule has 0 bridgehead atoms. The predicted molar refractivity (Wildman–Crippen MR) is 214 cm³/mol. The lowest BCUT2D eigenvalue weighted by Crippen LogP contribution is -2.08. The second-order valence-electron chi connectivity index (χ2n) is 13.0. The normalized spacial score (nSPS) is 12.3. The van der Waals surface area contributed by atoms with Gasteiger partial charge in [-0.3, -0.25) is 10.1 Å². The van der Waals surface area contributed by atoms with Gasteiger partial charge in [0.15, 0.2) is 11.6 Å². The van der Waals surface area contributed by atoms with Crippen LogP contribution in [0, 0.1) is 32.8 Å². The van der Waals surface area contributed by atoms with E-state index in [-0.39, 0.29) is 47.2 Å². The van der Waals surface area contributed by atoms with Crippen LogP contribution < -0.4 is 17.2 Å². The molecule has 0 saturated carbocycles. The Morgan fingerprint density at radius 1 is 0.690 bits per heavy atom. The largest absolute Gasteiger partial charge is 0.395 e. The van der Waals surface area contributed by atoms with Gasteiger partial charge in [-0.15, -0.1) is 0 Å². The van der Waals surface area contributed by atoms with E-state index < -0.39 is 36.4 Å². The molecule has 2 unspecified atom stereocenters. The number of sulfone groups is 2. The summed E-state index contributed by atoms with van der Waals surface area (Å²) < 4.78 is 48.3. The van der Waals surface area contributed by atoms with Gasteiger partial charge in [-0.25, -0.2) is 46.1 Å². The van der Waals surface area contributed by atoms with E-state index in [9.17, 15) is 37.5 Å². The van der Waals surface area contributed by atoms with Crippen molar-refractivity contribution in [3.63, 3.8) is 0 Å². The quantitative estimate of drug-likeness (QED) is 0.111. The van der Waals surface area contributed by atoms with Crippen molar-refractivity contribution >= 4 is 42.7 Å². The lowest BCUT2D eigenvalue weighted by Gasteiger charge is -2.09. The van der Waals surface area contributed by atoms with Crippen molar-refractivity contribution in [1.29, 1.82) is 10.5 Å². The third-order valence-electron chi connectivity index (χ3n) is 8.63. The van der Waals surface area contributed by atoms with Gasteiger partial charge in [0, 0.05) is 66.4 Å². The Morgan fingerprint density at radius 2 is 1.14 bits per heavy atom. The molecule has 2 atom stereocenters. The maximum atomic E-state index is 11.3. The van der Waals surface area contributed by atoms with Crippen molar-refractivity contribution in [2.75, 3.05) is 41.2 Å². The molecule has 0 aliphatic heterocycles. The van der Waals surface area contributed by atoms with Crippen molar-refractivity contribution in [2.24, 2.45) is 0 Å². The van der Waals surface area contributed by atoms with Crippen LogP contribution in [0.1, 0.15) is 35.8 Å². The molecule has 0 aliphatic rings. The third kappa shape index (κ3) is 10.5. The predicted octanol–water partition coefficient (Wildman–Crippen LogP) is 3.40. The number of nitriles is 2. The molecular weight excluding hydrogens is 789 g/mol. The van der Waals surface area contributed by atoms with E-state index in [0.717, 1.165) is 23.6 Å². The number of anilines is 3. The van der Waals surface area contributed by atoms with Gasteiger partial charge >= 0.3 is 5.69 Å². The molecule has 6 heterocycles. The summed E-state index contributed by atoms with van der Waals surface area (Å²) in [6.45, 7) is 0. The summed E-state index contributed by atoms with van der Waals surface area (Å²) in [6.07, 6.45) is 15.1. The molecule has 6 aromatic heterocycles. The lowest BCUT2D eigenvalue weighted by molar-refractivity contribution is -0.383. The first-order valence-corrected chi connectivity index (χ1v) is 21.2. The van der Waals surface area contributed by atoms with E-state index >= 15 is 0 Å². The molecule has 0 fully saturated rings. The molecule has 6 rings (SSSR count). The fourth-order valence-corrected chi connectivity index (χ4v) is 6.89. The Bertz CT molecular complexity index is 2740. The number of nitrogens with zero attached hydrogens (tertiary/aromatic N) is 11. The average Bonchev–Trinajstić information content (AvgIpc) is 3.88. The number of nitro groups is 1. The van der Waals surface area contributed by atoms with Gasteiger partial charge in [0.25, 0.3) is 0 Å². The van der Waals surface area contributed by atoms with E-state index in [1.54, 1.807) is 66.0 Å². The maximum Gasteiger partial charge on any atom is 0.319 e. The van der Waals surface area contributed by atoms with Crippen LogP contribution in [0.4, 0.5) is 23.0 Å². The van der Waals surface area contributed by atoms with Gasteiger partial charge in [0.2, 0.25) is 5.82 Å². The summed E-state index contributed by atoms with van der Waals surface area (Å²) in [7, 11) is -6.30. The van der Waals surface area contributed by atoms with Crippen LogP contribution in [-0.4, -0.2) is 85.3 Å². The number of hydrogen-bond acceptors (Lipinski definition) is 17. The van der Waals surface area contributed by atoms with Crippen LogP contribution >= 0.6 is 0 Å². The summed E-state index contributed by atoms with van der Waals surface area (Å²) in [5.74, 6) is -0.241.